The highest BCUT2D eigenvalue weighted by atomic mass is 28.1. The van der Waals surface area contributed by atoms with E-state index in [-0.39, 0.29) is 5.66 Å². The van der Waals surface area contributed by atoms with Crippen LogP contribution in [0.4, 0.5) is 0 Å². The Labute approximate surface area is 67.2 Å². The SMILES string of the molecule is CCNC(C)(C[SiH3])NCC. The van der Waals surface area contributed by atoms with E-state index in [2.05, 4.69) is 31.4 Å². The van der Waals surface area contributed by atoms with Crippen LogP contribution in [-0.4, -0.2) is 29.0 Å². The van der Waals surface area contributed by atoms with Gasteiger partial charge in [-0.1, -0.05) is 13.8 Å². The van der Waals surface area contributed by atoms with Crippen LogP contribution in [0.15, 0.2) is 0 Å². The molecule has 0 amide bonds. The van der Waals surface area contributed by atoms with Crippen LogP contribution < -0.4 is 10.6 Å². The largest absolute Gasteiger partial charge is 0.300 e. The van der Waals surface area contributed by atoms with E-state index in [1.54, 1.807) is 0 Å². The highest BCUT2D eigenvalue weighted by Gasteiger charge is 2.17. The van der Waals surface area contributed by atoms with Crippen molar-refractivity contribution >= 4 is 10.2 Å². The lowest BCUT2D eigenvalue weighted by atomic mass is 10.2. The third-order valence-electron chi connectivity index (χ3n) is 1.84. The van der Waals surface area contributed by atoms with E-state index in [0.717, 1.165) is 13.1 Å². The van der Waals surface area contributed by atoms with Crippen molar-refractivity contribution in [2.45, 2.75) is 32.5 Å². The van der Waals surface area contributed by atoms with Gasteiger partial charge < -0.3 is 10.6 Å². The van der Waals surface area contributed by atoms with Crippen molar-refractivity contribution in [3.8, 4) is 0 Å². The molecule has 10 heavy (non-hydrogen) atoms. The molecule has 0 aromatic carbocycles. The quantitative estimate of drug-likeness (QED) is 0.426. The molecule has 2 nitrogen and oxygen atoms in total. The molecule has 0 aliphatic carbocycles. The molecule has 0 aromatic rings. The van der Waals surface area contributed by atoms with Gasteiger partial charge in [0, 0.05) is 10.2 Å². The minimum atomic E-state index is 0.204. The van der Waals surface area contributed by atoms with Crippen LogP contribution in [0.5, 0.6) is 0 Å². The molecule has 0 heterocycles. The summed E-state index contributed by atoms with van der Waals surface area (Å²) >= 11 is 0. The Morgan fingerprint density at radius 2 is 1.60 bits per heavy atom. The topological polar surface area (TPSA) is 24.1 Å². The smallest absolute Gasteiger partial charge is 0.0625 e. The van der Waals surface area contributed by atoms with Crippen molar-refractivity contribution in [1.29, 1.82) is 0 Å². The fourth-order valence-corrected chi connectivity index (χ4v) is 1.59. The van der Waals surface area contributed by atoms with E-state index in [1.165, 1.54) is 16.3 Å². The molecule has 2 N–H and O–H groups in total. The van der Waals surface area contributed by atoms with Crippen molar-refractivity contribution in [2.24, 2.45) is 0 Å². The Kier molecular flexibility index (Phi) is 4.94. The lowest BCUT2D eigenvalue weighted by Crippen LogP contribution is -2.53. The van der Waals surface area contributed by atoms with Crippen molar-refractivity contribution in [3.05, 3.63) is 0 Å². The van der Waals surface area contributed by atoms with Gasteiger partial charge in [-0.25, -0.2) is 0 Å². The molecule has 0 fully saturated rings. The predicted octanol–water partition coefficient (Wildman–Crippen LogP) is -0.295. The van der Waals surface area contributed by atoms with Crippen LogP contribution in [-0.2, 0) is 0 Å². The van der Waals surface area contributed by atoms with E-state index in [4.69, 9.17) is 0 Å². The summed E-state index contributed by atoms with van der Waals surface area (Å²) in [5.41, 5.74) is 0.204. The van der Waals surface area contributed by atoms with Crippen molar-refractivity contribution in [3.63, 3.8) is 0 Å². The first-order valence-electron chi connectivity index (χ1n) is 4.18. The first-order valence-corrected chi connectivity index (χ1v) is 5.60. The highest BCUT2D eigenvalue weighted by molar-refractivity contribution is 6.09. The van der Waals surface area contributed by atoms with E-state index in [0.29, 0.717) is 0 Å². The lowest BCUT2D eigenvalue weighted by molar-refractivity contribution is 0.325. The zero-order valence-corrected chi connectivity index (χ0v) is 9.62. The molecule has 0 saturated carbocycles. The van der Waals surface area contributed by atoms with Gasteiger partial charge in [0.15, 0.2) is 0 Å². The normalized spacial score (nSPS) is 12.3. The molecule has 0 bridgehead atoms. The number of hydrogen-bond donors (Lipinski definition) is 2. The monoisotopic (exact) mass is 160 g/mol. The first-order chi connectivity index (χ1) is 4.68. The van der Waals surface area contributed by atoms with E-state index >= 15 is 0 Å². The fourth-order valence-electron chi connectivity index (χ4n) is 1.09. The molecule has 0 spiro atoms. The molecule has 0 rings (SSSR count). The van der Waals surface area contributed by atoms with Crippen LogP contribution in [0.2, 0.25) is 6.04 Å². The van der Waals surface area contributed by atoms with Gasteiger partial charge in [0.2, 0.25) is 0 Å². The number of nitrogens with one attached hydrogen (secondary N) is 2. The van der Waals surface area contributed by atoms with E-state index in [9.17, 15) is 0 Å². The molecular weight excluding hydrogens is 140 g/mol. The summed E-state index contributed by atoms with van der Waals surface area (Å²) in [5, 5.41) is 6.87. The third kappa shape index (κ3) is 3.34. The van der Waals surface area contributed by atoms with Gasteiger partial charge in [-0.15, -0.1) is 0 Å². The zero-order chi connectivity index (χ0) is 8.04. The molecule has 0 radical (unpaired) electrons. The van der Waals surface area contributed by atoms with Gasteiger partial charge in [0.05, 0.1) is 5.66 Å². The van der Waals surface area contributed by atoms with Gasteiger partial charge in [-0.3, -0.25) is 0 Å². The highest BCUT2D eigenvalue weighted by Crippen LogP contribution is 2.01. The molecule has 0 saturated heterocycles. The van der Waals surface area contributed by atoms with Gasteiger partial charge >= 0.3 is 0 Å². The second-order valence-electron chi connectivity index (χ2n) is 2.75. The summed E-state index contributed by atoms with van der Waals surface area (Å²) in [7, 11) is 1.25. The van der Waals surface area contributed by atoms with Crippen LogP contribution in [0.25, 0.3) is 0 Å². The average molecular weight is 160 g/mol. The summed E-state index contributed by atoms with van der Waals surface area (Å²) in [5.74, 6) is 0. The molecule has 3 heteroatoms. The average Bonchev–Trinajstić information content (AvgIpc) is 1.89. The Bertz CT molecular complexity index is 79.7. The Balaban J connectivity index is 3.69. The van der Waals surface area contributed by atoms with Crippen molar-refractivity contribution in [1.82, 2.24) is 10.6 Å². The second kappa shape index (κ2) is 4.88. The molecule has 0 unspecified atom stereocenters. The summed E-state index contributed by atoms with van der Waals surface area (Å²) < 4.78 is 0. The first kappa shape index (κ1) is 10.1. The van der Waals surface area contributed by atoms with Gasteiger partial charge in [0.25, 0.3) is 0 Å². The number of rotatable bonds is 5. The summed E-state index contributed by atoms with van der Waals surface area (Å²) in [6, 6.07) is 1.26. The fraction of sp³-hybridized carbons (Fsp3) is 1.00. The maximum absolute atomic E-state index is 3.43. The molecule has 0 atom stereocenters. The van der Waals surface area contributed by atoms with Crippen LogP contribution in [0.1, 0.15) is 20.8 Å². The van der Waals surface area contributed by atoms with Crippen LogP contribution >= 0.6 is 0 Å². The van der Waals surface area contributed by atoms with Crippen molar-refractivity contribution < 1.29 is 0 Å². The number of hydrogen-bond acceptors (Lipinski definition) is 2. The standard InChI is InChI=1S/C7H20N2Si/c1-4-8-7(3,6-10)9-5-2/h8-9H,4-6H2,1-3,10H3. The van der Waals surface area contributed by atoms with E-state index in [1.807, 2.05) is 0 Å². The second-order valence-corrected chi connectivity index (χ2v) is 3.45. The molecule has 0 aromatic heterocycles. The molecule has 62 valence electrons. The van der Waals surface area contributed by atoms with Gasteiger partial charge in [-0.05, 0) is 26.1 Å². The maximum atomic E-state index is 3.43. The third-order valence-corrected chi connectivity index (χ3v) is 3.26. The zero-order valence-electron chi connectivity index (χ0n) is 7.62. The summed E-state index contributed by atoms with van der Waals surface area (Å²) in [6.07, 6.45) is 0. The summed E-state index contributed by atoms with van der Waals surface area (Å²) in [6.45, 7) is 8.62. The van der Waals surface area contributed by atoms with Crippen LogP contribution in [0, 0.1) is 0 Å². The Morgan fingerprint density at radius 3 is 1.80 bits per heavy atom. The van der Waals surface area contributed by atoms with Crippen LogP contribution in [0.3, 0.4) is 0 Å². The Morgan fingerprint density at radius 1 is 1.20 bits per heavy atom. The Hall–Kier alpha value is 0.137. The maximum Gasteiger partial charge on any atom is 0.0625 e. The van der Waals surface area contributed by atoms with Gasteiger partial charge in [0.1, 0.15) is 0 Å². The molecular formula is C7H20N2Si. The minimum absolute atomic E-state index is 0.204. The predicted molar refractivity (Wildman–Crippen MR) is 50.5 cm³/mol. The minimum Gasteiger partial charge on any atom is -0.300 e. The summed E-state index contributed by atoms with van der Waals surface area (Å²) in [4.78, 5) is 0. The van der Waals surface area contributed by atoms with E-state index < -0.39 is 0 Å². The van der Waals surface area contributed by atoms with Gasteiger partial charge in [-0.2, -0.15) is 0 Å². The van der Waals surface area contributed by atoms with Crippen molar-refractivity contribution in [2.75, 3.05) is 13.1 Å². The molecule has 0 aliphatic heterocycles. The molecule has 0 aliphatic rings. The lowest BCUT2D eigenvalue weighted by Gasteiger charge is -2.30.